The second-order valence-corrected chi connectivity index (χ2v) is 7.42. The lowest BCUT2D eigenvalue weighted by Gasteiger charge is -2.29. The summed E-state index contributed by atoms with van der Waals surface area (Å²) in [6.07, 6.45) is 8.29. The van der Waals surface area contributed by atoms with Crippen molar-refractivity contribution in [3.8, 4) is 0 Å². The number of hydrogen-bond donors (Lipinski definition) is 1. The smallest absolute Gasteiger partial charge is 0.157 e. The molecule has 0 aromatic carbocycles. The van der Waals surface area contributed by atoms with E-state index in [1.807, 2.05) is 11.8 Å². The minimum atomic E-state index is 0.690. The van der Waals surface area contributed by atoms with Crippen LogP contribution in [0.5, 0.6) is 0 Å². The fourth-order valence-electron chi connectivity index (χ4n) is 3.00. The van der Waals surface area contributed by atoms with Gasteiger partial charge in [0.05, 0.1) is 6.54 Å². The molecule has 1 saturated carbocycles. The van der Waals surface area contributed by atoms with Crippen molar-refractivity contribution < 1.29 is 0 Å². The van der Waals surface area contributed by atoms with Gasteiger partial charge in [0, 0.05) is 11.3 Å². The molecule has 0 radical (unpaired) electrons. The summed E-state index contributed by atoms with van der Waals surface area (Å²) in [4.78, 5) is 4.66. The average Bonchev–Trinajstić information content (AvgIpc) is 2.81. The van der Waals surface area contributed by atoms with Gasteiger partial charge in [-0.15, -0.1) is 0 Å². The Morgan fingerprint density at radius 1 is 1.28 bits per heavy atom. The lowest BCUT2D eigenvalue weighted by atomic mass is 9.84. The zero-order valence-corrected chi connectivity index (χ0v) is 12.9. The van der Waals surface area contributed by atoms with Crippen LogP contribution >= 0.6 is 11.8 Å². The van der Waals surface area contributed by atoms with Crippen molar-refractivity contribution in [3.63, 3.8) is 0 Å². The molecule has 3 heteroatoms. The summed E-state index contributed by atoms with van der Waals surface area (Å²) < 4.78 is 0. The van der Waals surface area contributed by atoms with E-state index in [1.165, 1.54) is 43.7 Å². The molecule has 104 valence electrons. The van der Waals surface area contributed by atoms with E-state index in [-0.39, 0.29) is 0 Å². The predicted molar refractivity (Wildman–Crippen MR) is 82.3 cm³/mol. The summed E-state index contributed by atoms with van der Waals surface area (Å²) in [6, 6.07) is 0.690. The van der Waals surface area contributed by atoms with Crippen molar-refractivity contribution in [3.05, 3.63) is 0 Å². The normalized spacial score (nSPS) is 32.7. The van der Waals surface area contributed by atoms with Gasteiger partial charge in [-0.05, 0) is 37.5 Å². The molecule has 0 aromatic rings. The van der Waals surface area contributed by atoms with Gasteiger partial charge < -0.3 is 5.32 Å². The molecule has 0 saturated heterocycles. The van der Waals surface area contributed by atoms with Gasteiger partial charge in [-0.1, -0.05) is 45.4 Å². The highest BCUT2D eigenvalue weighted by atomic mass is 32.2. The molecule has 1 fully saturated rings. The molecule has 18 heavy (non-hydrogen) atoms. The van der Waals surface area contributed by atoms with Gasteiger partial charge in [-0.3, -0.25) is 4.99 Å². The predicted octanol–water partition coefficient (Wildman–Crippen LogP) is 4.06. The van der Waals surface area contributed by atoms with E-state index in [1.54, 1.807) is 0 Å². The SMILES string of the molecule is CCCC1CCC(NC2=NCC(C(C)C)S2)CC1. The highest BCUT2D eigenvalue weighted by molar-refractivity contribution is 8.14. The molecule has 1 unspecified atom stereocenters. The van der Waals surface area contributed by atoms with Gasteiger partial charge >= 0.3 is 0 Å². The van der Waals surface area contributed by atoms with Crippen LogP contribution in [0.25, 0.3) is 0 Å². The molecule has 0 aromatic heterocycles. The Morgan fingerprint density at radius 2 is 2.00 bits per heavy atom. The number of thioether (sulfide) groups is 1. The van der Waals surface area contributed by atoms with E-state index in [0.29, 0.717) is 11.3 Å². The van der Waals surface area contributed by atoms with E-state index in [9.17, 15) is 0 Å². The maximum Gasteiger partial charge on any atom is 0.157 e. The van der Waals surface area contributed by atoms with Crippen LogP contribution in [0, 0.1) is 11.8 Å². The third kappa shape index (κ3) is 3.91. The number of nitrogens with one attached hydrogen (secondary N) is 1. The minimum Gasteiger partial charge on any atom is -0.362 e. The Kier molecular flexibility index (Phi) is 5.40. The van der Waals surface area contributed by atoms with Crippen LogP contribution in [0.4, 0.5) is 0 Å². The maximum absolute atomic E-state index is 4.66. The Labute approximate surface area is 116 Å². The molecule has 1 N–H and O–H groups in total. The van der Waals surface area contributed by atoms with Crippen LogP contribution in [0.15, 0.2) is 4.99 Å². The standard InChI is InChI=1S/C15H28N2S/c1-4-5-12-6-8-13(9-7-12)17-15-16-10-14(18-15)11(2)3/h11-14H,4-10H2,1-3H3,(H,16,17). The number of aliphatic imine (C=N–C) groups is 1. The fraction of sp³-hybridized carbons (Fsp3) is 0.933. The second kappa shape index (κ2) is 6.83. The van der Waals surface area contributed by atoms with Gasteiger partial charge in [-0.25, -0.2) is 0 Å². The third-order valence-electron chi connectivity index (χ3n) is 4.29. The van der Waals surface area contributed by atoms with Gasteiger partial charge in [0.15, 0.2) is 5.17 Å². The summed E-state index contributed by atoms with van der Waals surface area (Å²) in [5, 5.41) is 5.59. The molecular formula is C15H28N2S. The Balaban J connectivity index is 1.69. The van der Waals surface area contributed by atoms with Crippen LogP contribution < -0.4 is 5.32 Å². The molecule has 1 aliphatic heterocycles. The highest BCUT2D eigenvalue weighted by Gasteiger charge is 2.26. The molecule has 1 atom stereocenters. The van der Waals surface area contributed by atoms with Gasteiger partial charge in [0.25, 0.3) is 0 Å². The van der Waals surface area contributed by atoms with Gasteiger partial charge in [0.2, 0.25) is 0 Å². The van der Waals surface area contributed by atoms with E-state index >= 15 is 0 Å². The van der Waals surface area contributed by atoms with Crippen LogP contribution in [0.2, 0.25) is 0 Å². The van der Waals surface area contributed by atoms with E-state index < -0.39 is 0 Å². The monoisotopic (exact) mass is 268 g/mol. The summed E-state index contributed by atoms with van der Waals surface area (Å²) in [6.45, 7) is 7.91. The van der Waals surface area contributed by atoms with Crippen molar-refractivity contribution in [2.24, 2.45) is 16.8 Å². The number of hydrogen-bond acceptors (Lipinski definition) is 3. The zero-order chi connectivity index (χ0) is 13.0. The van der Waals surface area contributed by atoms with Crippen LogP contribution in [-0.2, 0) is 0 Å². The lowest BCUT2D eigenvalue weighted by Crippen LogP contribution is -2.36. The van der Waals surface area contributed by atoms with E-state index in [4.69, 9.17) is 0 Å². The summed E-state index contributed by atoms with van der Waals surface area (Å²) >= 11 is 1.96. The van der Waals surface area contributed by atoms with Gasteiger partial charge in [0.1, 0.15) is 0 Å². The third-order valence-corrected chi connectivity index (χ3v) is 5.76. The molecule has 2 aliphatic rings. The van der Waals surface area contributed by atoms with Crippen molar-refractivity contribution in [2.45, 2.75) is 70.6 Å². The van der Waals surface area contributed by atoms with Crippen LogP contribution in [-0.4, -0.2) is 23.0 Å². The van der Waals surface area contributed by atoms with Crippen molar-refractivity contribution in [1.29, 1.82) is 0 Å². The quantitative estimate of drug-likeness (QED) is 0.831. The molecule has 0 spiro atoms. The Morgan fingerprint density at radius 3 is 2.56 bits per heavy atom. The fourth-order valence-corrected chi connectivity index (χ4v) is 4.09. The van der Waals surface area contributed by atoms with E-state index in [2.05, 4.69) is 31.1 Å². The van der Waals surface area contributed by atoms with E-state index in [0.717, 1.165) is 18.4 Å². The molecular weight excluding hydrogens is 240 g/mol. The Hall–Kier alpha value is -0.180. The molecule has 2 nitrogen and oxygen atoms in total. The molecule has 0 bridgehead atoms. The molecule has 1 heterocycles. The summed E-state index contributed by atoms with van der Waals surface area (Å²) in [5.41, 5.74) is 0. The largest absolute Gasteiger partial charge is 0.362 e. The topological polar surface area (TPSA) is 24.4 Å². The van der Waals surface area contributed by atoms with Crippen molar-refractivity contribution in [2.75, 3.05) is 6.54 Å². The van der Waals surface area contributed by atoms with Crippen LogP contribution in [0.3, 0.4) is 0 Å². The van der Waals surface area contributed by atoms with Crippen molar-refractivity contribution in [1.82, 2.24) is 5.32 Å². The molecule has 0 amide bonds. The second-order valence-electron chi connectivity index (χ2n) is 6.20. The number of rotatable bonds is 4. The van der Waals surface area contributed by atoms with Gasteiger partial charge in [-0.2, -0.15) is 0 Å². The summed E-state index contributed by atoms with van der Waals surface area (Å²) in [7, 11) is 0. The molecule has 1 aliphatic carbocycles. The Bertz CT molecular complexity index is 280. The first-order chi connectivity index (χ1) is 8.69. The zero-order valence-electron chi connectivity index (χ0n) is 12.1. The molecule has 2 rings (SSSR count). The lowest BCUT2D eigenvalue weighted by molar-refractivity contribution is 0.296. The summed E-state index contributed by atoms with van der Waals surface area (Å²) in [5.74, 6) is 1.73. The average molecular weight is 268 g/mol. The number of nitrogens with zero attached hydrogens (tertiary/aromatic N) is 1. The maximum atomic E-state index is 4.66. The van der Waals surface area contributed by atoms with Crippen molar-refractivity contribution >= 4 is 16.9 Å². The number of amidine groups is 1. The first kappa shape index (κ1) is 14.2. The minimum absolute atomic E-state index is 0.690. The van der Waals surface area contributed by atoms with Crippen LogP contribution in [0.1, 0.15) is 59.3 Å². The first-order valence-electron chi connectivity index (χ1n) is 7.66. The highest BCUT2D eigenvalue weighted by Crippen LogP contribution is 2.30. The first-order valence-corrected chi connectivity index (χ1v) is 8.54.